The van der Waals surface area contributed by atoms with Gasteiger partial charge < -0.3 is 10.2 Å². The molecule has 1 aliphatic rings. The van der Waals surface area contributed by atoms with Crippen molar-refractivity contribution >= 4 is 0 Å². The minimum absolute atomic E-state index is 0.113. The molecule has 0 radical (unpaired) electrons. The van der Waals surface area contributed by atoms with Crippen LogP contribution in [0.3, 0.4) is 0 Å². The quantitative estimate of drug-likeness (QED) is 0.762. The van der Waals surface area contributed by atoms with E-state index in [1.165, 1.54) is 19.3 Å². The number of hydrogen-bond acceptors (Lipinski definition) is 2. The molecular formula is C13H25F3N2. The molecule has 0 aromatic rings. The van der Waals surface area contributed by atoms with E-state index in [0.29, 0.717) is 12.0 Å². The topological polar surface area (TPSA) is 15.3 Å². The van der Waals surface area contributed by atoms with Gasteiger partial charge in [0.2, 0.25) is 0 Å². The Hall–Kier alpha value is -0.290. The zero-order valence-corrected chi connectivity index (χ0v) is 11.4. The predicted molar refractivity (Wildman–Crippen MR) is 67.6 cm³/mol. The van der Waals surface area contributed by atoms with E-state index in [1.54, 1.807) is 11.9 Å². The Morgan fingerprint density at radius 3 is 2.56 bits per heavy atom. The van der Waals surface area contributed by atoms with Crippen molar-refractivity contribution in [2.75, 3.05) is 26.7 Å². The van der Waals surface area contributed by atoms with Crippen molar-refractivity contribution in [3.8, 4) is 0 Å². The Balaban J connectivity index is 2.19. The monoisotopic (exact) mass is 266 g/mol. The third-order valence-electron chi connectivity index (χ3n) is 3.78. The number of hydrogen-bond donors (Lipinski definition) is 1. The van der Waals surface area contributed by atoms with Gasteiger partial charge in [-0.05, 0) is 45.3 Å². The summed E-state index contributed by atoms with van der Waals surface area (Å²) in [6, 6.07) is 0.575. The summed E-state index contributed by atoms with van der Waals surface area (Å²) in [5.74, 6) is 0.637. The number of halogens is 3. The smallest absolute Gasteiger partial charge is 0.314 e. The molecular weight excluding hydrogens is 241 g/mol. The van der Waals surface area contributed by atoms with Gasteiger partial charge in [0, 0.05) is 12.6 Å². The van der Waals surface area contributed by atoms with Gasteiger partial charge in [0.15, 0.2) is 0 Å². The van der Waals surface area contributed by atoms with E-state index in [-0.39, 0.29) is 6.54 Å². The fourth-order valence-electron chi connectivity index (χ4n) is 2.73. The Morgan fingerprint density at radius 2 is 1.94 bits per heavy atom. The highest BCUT2D eigenvalue weighted by molar-refractivity contribution is 4.83. The molecule has 0 aromatic heterocycles. The molecule has 0 aliphatic heterocycles. The molecule has 0 aromatic carbocycles. The van der Waals surface area contributed by atoms with Gasteiger partial charge in [0.25, 0.3) is 0 Å². The van der Waals surface area contributed by atoms with Gasteiger partial charge in [0.05, 0.1) is 6.42 Å². The zero-order chi connectivity index (χ0) is 13.6. The number of nitrogens with zero attached hydrogens (tertiary/aromatic N) is 1. The highest BCUT2D eigenvalue weighted by atomic mass is 19.4. The lowest BCUT2D eigenvalue weighted by Gasteiger charge is -2.24. The maximum Gasteiger partial charge on any atom is 0.390 e. The minimum atomic E-state index is -4.03. The lowest BCUT2D eigenvalue weighted by molar-refractivity contribution is -0.137. The van der Waals surface area contributed by atoms with Crippen molar-refractivity contribution in [1.82, 2.24) is 10.2 Å². The van der Waals surface area contributed by atoms with E-state index >= 15 is 0 Å². The first-order valence-corrected chi connectivity index (χ1v) is 6.91. The fourth-order valence-corrected chi connectivity index (χ4v) is 2.73. The molecule has 0 saturated heterocycles. The molecule has 1 N–H and O–H groups in total. The van der Waals surface area contributed by atoms with E-state index in [1.807, 2.05) is 0 Å². The van der Waals surface area contributed by atoms with Crippen molar-refractivity contribution in [3.05, 3.63) is 0 Å². The first-order chi connectivity index (χ1) is 8.42. The minimum Gasteiger partial charge on any atom is -0.314 e. The van der Waals surface area contributed by atoms with Crippen molar-refractivity contribution in [3.63, 3.8) is 0 Å². The molecule has 1 rings (SSSR count). The van der Waals surface area contributed by atoms with Gasteiger partial charge in [-0.15, -0.1) is 0 Å². The third kappa shape index (κ3) is 6.05. The number of rotatable bonds is 7. The molecule has 0 amide bonds. The van der Waals surface area contributed by atoms with Gasteiger partial charge in [-0.1, -0.05) is 13.3 Å². The van der Waals surface area contributed by atoms with Gasteiger partial charge in [-0.25, -0.2) is 0 Å². The first kappa shape index (κ1) is 15.8. The van der Waals surface area contributed by atoms with E-state index in [9.17, 15) is 13.2 Å². The Morgan fingerprint density at radius 1 is 1.22 bits per heavy atom. The van der Waals surface area contributed by atoms with Crippen molar-refractivity contribution in [2.24, 2.45) is 5.92 Å². The van der Waals surface area contributed by atoms with Crippen molar-refractivity contribution in [1.29, 1.82) is 0 Å². The van der Waals surface area contributed by atoms with Crippen LogP contribution in [0, 0.1) is 5.92 Å². The highest BCUT2D eigenvalue weighted by Crippen LogP contribution is 2.28. The van der Waals surface area contributed by atoms with Crippen LogP contribution in [-0.4, -0.2) is 43.8 Å². The molecule has 1 aliphatic carbocycles. The molecule has 5 heteroatoms. The molecule has 108 valence electrons. The van der Waals surface area contributed by atoms with Crippen LogP contribution < -0.4 is 5.32 Å². The van der Waals surface area contributed by atoms with Crippen LogP contribution >= 0.6 is 0 Å². The zero-order valence-electron chi connectivity index (χ0n) is 11.4. The summed E-state index contributed by atoms with van der Waals surface area (Å²) in [7, 11) is 1.78. The second-order valence-corrected chi connectivity index (χ2v) is 5.31. The highest BCUT2D eigenvalue weighted by Gasteiger charge is 2.28. The van der Waals surface area contributed by atoms with Crippen LogP contribution in [0.25, 0.3) is 0 Å². The Kier molecular flexibility index (Phi) is 6.43. The van der Waals surface area contributed by atoms with Crippen molar-refractivity contribution < 1.29 is 13.2 Å². The van der Waals surface area contributed by atoms with Crippen LogP contribution in [0.4, 0.5) is 13.2 Å². The lowest BCUT2D eigenvalue weighted by atomic mass is 9.99. The average molecular weight is 266 g/mol. The van der Waals surface area contributed by atoms with E-state index in [0.717, 1.165) is 19.5 Å². The molecule has 2 atom stereocenters. The van der Waals surface area contributed by atoms with E-state index < -0.39 is 12.6 Å². The number of nitrogens with one attached hydrogen (secondary N) is 1. The summed E-state index contributed by atoms with van der Waals surface area (Å²) in [4.78, 5) is 1.80. The molecule has 0 bridgehead atoms. The Bertz CT molecular complexity index is 231. The summed E-state index contributed by atoms with van der Waals surface area (Å²) < 4.78 is 36.2. The summed E-state index contributed by atoms with van der Waals surface area (Å²) >= 11 is 0. The van der Waals surface area contributed by atoms with Gasteiger partial charge in [-0.3, -0.25) is 0 Å². The molecule has 0 heterocycles. The molecule has 18 heavy (non-hydrogen) atoms. The van der Waals surface area contributed by atoms with Gasteiger partial charge >= 0.3 is 6.18 Å². The molecule has 1 saturated carbocycles. The van der Waals surface area contributed by atoms with Crippen molar-refractivity contribution in [2.45, 2.75) is 51.2 Å². The summed E-state index contributed by atoms with van der Waals surface area (Å²) in [5, 5.41) is 3.48. The van der Waals surface area contributed by atoms with Crippen LogP contribution in [0.5, 0.6) is 0 Å². The maximum atomic E-state index is 12.1. The second kappa shape index (κ2) is 7.34. The first-order valence-electron chi connectivity index (χ1n) is 6.91. The van der Waals surface area contributed by atoms with Crippen LogP contribution in [0.1, 0.15) is 39.0 Å². The Labute approximate surface area is 108 Å². The summed E-state index contributed by atoms with van der Waals surface area (Å²) in [6.45, 7) is 3.96. The van der Waals surface area contributed by atoms with Crippen LogP contribution in [0.2, 0.25) is 0 Å². The summed E-state index contributed by atoms with van der Waals surface area (Å²) in [5.41, 5.74) is 0. The van der Waals surface area contributed by atoms with Crippen LogP contribution in [-0.2, 0) is 0 Å². The molecule has 2 nitrogen and oxygen atoms in total. The van der Waals surface area contributed by atoms with Gasteiger partial charge in [0.1, 0.15) is 0 Å². The second-order valence-electron chi connectivity index (χ2n) is 5.31. The molecule has 2 unspecified atom stereocenters. The molecule has 0 spiro atoms. The normalized spacial score (nSPS) is 25.0. The SMILES string of the molecule is CCNC1CCCC1CCN(C)CCC(F)(F)F. The average Bonchev–Trinajstić information content (AvgIpc) is 2.71. The molecule has 1 fully saturated rings. The van der Waals surface area contributed by atoms with E-state index in [4.69, 9.17) is 0 Å². The maximum absolute atomic E-state index is 12.1. The summed E-state index contributed by atoms with van der Waals surface area (Å²) in [6.07, 6.45) is -0.0606. The fraction of sp³-hybridized carbons (Fsp3) is 1.00. The largest absolute Gasteiger partial charge is 0.390 e. The standard InChI is InChI=1S/C13H25F3N2/c1-3-17-12-6-4-5-11(12)7-9-18(2)10-8-13(14,15)16/h11-12,17H,3-10H2,1-2H3. The van der Waals surface area contributed by atoms with E-state index in [2.05, 4.69) is 12.2 Å². The van der Waals surface area contributed by atoms with Crippen LogP contribution in [0.15, 0.2) is 0 Å². The lowest BCUT2D eigenvalue weighted by Crippen LogP contribution is -2.34. The number of alkyl halides is 3. The predicted octanol–water partition coefficient (Wildman–Crippen LogP) is 3.04. The van der Waals surface area contributed by atoms with Gasteiger partial charge in [-0.2, -0.15) is 13.2 Å². The third-order valence-corrected chi connectivity index (χ3v) is 3.78.